The van der Waals surface area contributed by atoms with Gasteiger partial charge in [0.25, 0.3) is 5.91 Å². The number of carboxylic acid groups (broad SMARTS) is 1. The lowest BCUT2D eigenvalue weighted by atomic mass is 10.2. The van der Waals surface area contributed by atoms with E-state index < -0.39 is 18.4 Å². The highest BCUT2D eigenvalue weighted by Gasteiger charge is 2.22. The van der Waals surface area contributed by atoms with Gasteiger partial charge in [-0.1, -0.05) is 12.1 Å². The van der Waals surface area contributed by atoms with Crippen LogP contribution in [-0.2, 0) is 4.79 Å². The average molecular weight is 350 g/mol. The van der Waals surface area contributed by atoms with E-state index in [1.165, 1.54) is 12.4 Å². The lowest BCUT2D eigenvalue weighted by Gasteiger charge is -2.22. The molecule has 0 saturated carbocycles. The zero-order chi connectivity index (χ0) is 15.4. The quantitative estimate of drug-likeness (QED) is 0.824. The maximum atomic E-state index is 12.5. The smallest absolute Gasteiger partial charge is 0.323 e. The third-order valence-electron chi connectivity index (χ3n) is 2.72. The summed E-state index contributed by atoms with van der Waals surface area (Å²) in [7, 11) is 0. The molecule has 108 valence electrons. The summed E-state index contributed by atoms with van der Waals surface area (Å²) in [6.45, 7) is -0.487. The Balaban J connectivity index is 2.43. The average Bonchev–Trinajstić information content (AvgIpc) is 2.45. The van der Waals surface area contributed by atoms with E-state index in [2.05, 4.69) is 20.9 Å². The van der Waals surface area contributed by atoms with Crippen LogP contribution < -0.4 is 10.6 Å². The van der Waals surface area contributed by atoms with E-state index in [1.807, 2.05) is 0 Å². The van der Waals surface area contributed by atoms with Gasteiger partial charge in [-0.2, -0.15) is 0 Å². The lowest BCUT2D eigenvalue weighted by molar-refractivity contribution is -0.135. The van der Waals surface area contributed by atoms with Crippen molar-refractivity contribution in [1.29, 1.82) is 0 Å². The van der Waals surface area contributed by atoms with E-state index in [9.17, 15) is 9.59 Å². The summed E-state index contributed by atoms with van der Waals surface area (Å²) in [6.07, 6.45) is 2.91. The van der Waals surface area contributed by atoms with Gasteiger partial charge in [0.1, 0.15) is 6.54 Å². The summed E-state index contributed by atoms with van der Waals surface area (Å²) in [6, 6.07) is 8.18. The molecule has 0 radical (unpaired) electrons. The second-order valence-electron chi connectivity index (χ2n) is 4.24. The molecule has 0 spiro atoms. The Kier molecular flexibility index (Phi) is 4.54. The molecule has 0 aliphatic carbocycles. The molecular weight excluding hydrogens is 338 g/mol. The summed E-state index contributed by atoms with van der Waals surface area (Å²) >= 11 is 3.23. The monoisotopic (exact) mass is 349 g/mol. The fourth-order valence-corrected chi connectivity index (χ4v) is 2.18. The third kappa shape index (κ3) is 3.57. The molecule has 7 heteroatoms. The van der Waals surface area contributed by atoms with Crippen LogP contribution in [-0.4, -0.2) is 28.5 Å². The number of nitrogen functional groups attached to an aromatic ring is 1. The number of carbonyl (C=O) groups excluding carboxylic acids is 1. The summed E-state index contributed by atoms with van der Waals surface area (Å²) in [5.74, 6) is -1.61. The number of anilines is 2. The zero-order valence-corrected chi connectivity index (χ0v) is 12.4. The molecule has 2 rings (SSSR count). The Morgan fingerprint density at radius 2 is 2.00 bits per heavy atom. The number of nitrogens with two attached hydrogens (primary N) is 1. The molecule has 0 aliphatic heterocycles. The molecule has 0 saturated heterocycles. The molecule has 1 aromatic carbocycles. The number of pyridine rings is 1. The Hall–Kier alpha value is -2.41. The van der Waals surface area contributed by atoms with Crippen LogP contribution >= 0.6 is 15.9 Å². The molecule has 2 aromatic rings. The number of para-hydroxylation sites is 2. The molecule has 1 heterocycles. The number of rotatable bonds is 4. The first kappa shape index (κ1) is 15.0. The normalized spacial score (nSPS) is 10.1. The van der Waals surface area contributed by atoms with Crippen molar-refractivity contribution in [2.24, 2.45) is 0 Å². The largest absolute Gasteiger partial charge is 0.480 e. The predicted molar refractivity (Wildman–Crippen MR) is 82.1 cm³/mol. The van der Waals surface area contributed by atoms with Crippen LogP contribution in [0.25, 0.3) is 0 Å². The maximum absolute atomic E-state index is 12.5. The summed E-state index contributed by atoms with van der Waals surface area (Å²) < 4.78 is 0.629. The van der Waals surface area contributed by atoms with Crippen molar-refractivity contribution >= 4 is 39.2 Å². The Morgan fingerprint density at radius 3 is 2.62 bits per heavy atom. The van der Waals surface area contributed by atoms with Crippen LogP contribution in [0.4, 0.5) is 11.4 Å². The molecule has 1 aromatic heterocycles. The van der Waals surface area contributed by atoms with Gasteiger partial charge in [0.15, 0.2) is 0 Å². The second-order valence-corrected chi connectivity index (χ2v) is 5.15. The highest BCUT2D eigenvalue weighted by atomic mass is 79.9. The molecule has 21 heavy (non-hydrogen) atoms. The number of nitrogens with zero attached hydrogens (tertiary/aromatic N) is 2. The number of carboxylic acids is 1. The van der Waals surface area contributed by atoms with Gasteiger partial charge in [0, 0.05) is 16.9 Å². The highest BCUT2D eigenvalue weighted by molar-refractivity contribution is 9.10. The molecule has 1 amide bonds. The number of hydrogen-bond acceptors (Lipinski definition) is 4. The summed E-state index contributed by atoms with van der Waals surface area (Å²) in [5, 5.41) is 9.03. The van der Waals surface area contributed by atoms with Crippen LogP contribution in [0.15, 0.2) is 47.2 Å². The number of amides is 1. The van der Waals surface area contributed by atoms with Gasteiger partial charge < -0.3 is 10.8 Å². The number of benzene rings is 1. The maximum Gasteiger partial charge on any atom is 0.323 e. The number of aromatic nitrogens is 1. The van der Waals surface area contributed by atoms with E-state index in [0.717, 1.165) is 4.90 Å². The molecule has 0 unspecified atom stereocenters. The summed E-state index contributed by atoms with van der Waals surface area (Å²) in [4.78, 5) is 28.6. The van der Waals surface area contributed by atoms with Crippen LogP contribution in [0.2, 0.25) is 0 Å². The fraction of sp³-hybridized carbons (Fsp3) is 0.0714. The van der Waals surface area contributed by atoms with Crippen LogP contribution in [0.1, 0.15) is 10.4 Å². The zero-order valence-electron chi connectivity index (χ0n) is 10.9. The first-order valence-corrected chi connectivity index (χ1v) is 6.77. The minimum atomic E-state index is -1.13. The molecule has 3 N–H and O–H groups in total. The van der Waals surface area contributed by atoms with Crippen molar-refractivity contribution in [3.8, 4) is 0 Å². The Labute approximate surface area is 129 Å². The van der Waals surface area contributed by atoms with Crippen molar-refractivity contribution in [3.05, 3.63) is 52.8 Å². The number of aliphatic carboxylic acids is 1. The predicted octanol–water partition coefficient (Wildman–Crippen LogP) is 2.16. The minimum Gasteiger partial charge on any atom is -0.480 e. The van der Waals surface area contributed by atoms with Gasteiger partial charge in [-0.05, 0) is 34.1 Å². The van der Waals surface area contributed by atoms with Gasteiger partial charge >= 0.3 is 5.97 Å². The lowest BCUT2D eigenvalue weighted by Crippen LogP contribution is -2.36. The number of hydrogen-bond donors (Lipinski definition) is 2. The van der Waals surface area contributed by atoms with Crippen molar-refractivity contribution in [1.82, 2.24) is 4.98 Å². The van der Waals surface area contributed by atoms with E-state index in [4.69, 9.17) is 10.8 Å². The van der Waals surface area contributed by atoms with Gasteiger partial charge in [-0.25, -0.2) is 0 Å². The van der Waals surface area contributed by atoms with Gasteiger partial charge in [0.2, 0.25) is 0 Å². The van der Waals surface area contributed by atoms with Crippen molar-refractivity contribution in [2.45, 2.75) is 0 Å². The van der Waals surface area contributed by atoms with Crippen molar-refractivity contribution in [3.63, 3.8) is 0 Å². The van der Waals surface area contributed by atoms with E-state index in [-0.39, 0.29) is 5.56 Å². The molecular formula is C14H12BrN3O3. The number of halogens is 1. The van der Waals surface area contributed by atoms with Gasteiger partial charge in [-0.3, -0.25) is 19.5 Å². The Morgan fingerprint density at radius 1 is 1.29 bits per heavy atom. The molecule has 0 bridgehead atoms. The summed E-state index contributed by atoms with van der Waals surface area (Å²) in [5.41, 5.74) is 6.78. The van der Waals surface area contributed by atoms with Crippen molar-refractivity contribution in [2.75, 3.05) is 17.2 Å². The SMILES string of the molecule is Nc1ccccc1N(CC(=O)O)C(=O)c1cncc(Br)c1. The molecule has 6 nitrogen and oxygen atoms in total. The standard InChI is InChI=1S/C14H12BrN3O3/c15-10-5-9(6-17-7-10)14(21)18(8-13(19)20)12-4-2-1-3-11(12)16/h1-7H,8,16H2,(H,19,20). The molecule has 0 fully saturated rings. The molecule has 0 aliphatic rings. The number of carbonyl (C=O) groups is 2. The first-order chi connectivity index (χ1) is 9.99. The first-order valence-electron chi connectivity index (χ1n) is 5.97. The van der Waals surface area contributed by atoms with Crippen LogP contribution in [0, 0.1) is 0 Å². The van der Waals surface area contributed by atoms with E-state index in [1.54, 1.807) is 30.3 Å². The topological polar surface area (TPSA) is 96.5 Å². The Bertz CT molecular complexity index is 691. The molecule has 0 atom stereocenters. The van der Waals surface area contributed by atoms with Crippen LogP contribution in [0.5, 0.6) is 0 Å². The highest BCUT2D eigenvalue weighted by Crippen LogP contribution is 2.24. The third-order valence-corrected chi connectivity index (χ3v) is 3.15. The minimum absolute atomic E-state index is 0.272. The van der Waals surface area contributed by atoms with E-state index >= 15 is 0 Å². The van der Waals surface area contributed by atoms with Gasteiger partial charge in [0.05, 0.1) is 16.9 Å². The van der Waals surface area contributed by atoms with Crippen molar-refractivity contribution < 1.29 is 14.7 Å². The van der Waals surface area contributed by atoms with Gasteiger partial charge in [-0.15, -0.1) is 0 Å². The fourth-order valence-electron chi connectivity index (χ4n) is 1.82. The second kappa shape index (κ2) is 6.36. The van der Waals surface area contributed by atoms with Crippen LogP contribution in [0.3, 0.4) is 0 Å². The van der Waals surface area contributed by atoms with E-state index in [0.29, 0.717) is 15.8 Å².